The van der Waals surface area contributed by atoms with E-state index in [1.807, 2.05) is 24.3 Å². The molecule has 25 heavy (non-hydrogen) atoms. The van der Waals surface area contributed by atoms with Crippen LogP contribution in [0.25, 0.3) is 0 Å². The number of nitrogens with one attached hydrogen (secondary N) is 1. The van der Waals surface area contributed by atoms with E-state index in [9.17, 15) is 9.18 Å². The molecule has 1 aliphatic rings. The number of hydrogen-bond donors (Lipinski definition) is 1. The van der Waals surface area contributed by atoms with Gasteiger partial charge in [0.05, 0.1) is 10.6 Å². The number of rotatable bonds is 4. The summed E-state index contributed by atoms with van der Waals surface area (Å²) < 4.78 is 13.1. The molecule has 1 N–H and O–H groups in total. The van der Waals surface area contributed by atoms with Crippen LogP contribution < -0.4 is 5.32 Å². The Morgan fingerprint density at radius 2 is 1.80 bits per heavy atom. The van der Waals surface area contributed by atoms with Gasteiger partial charge in [-0.25, -0.2) is 4.39 Å². The quantitative estimate of drug-likeness (QED) is 0.844. The molecule has 1 fully saturated rings. The second kappa shape index (κ2) is 8.17. The molecular formula is C19H19Cl2FN2O. The molecule has 2 aromatic carbocycles. The molecule has 2 aromatic rings. The molecule has 0 spiro atoms. The van der Waals surface area contributed by atoms with Gasteiger partial charge in [0.2, 0.25) is 0 Å². The van der Waals surface area contributed by atoms with Crippen molar-refractivity contribution in [2.45, 2.75) is 25.4 Å². The van der Waals surface area contributed by atoms with Crippen molar-refractivity contribution in [2.75, 3.05) is 13.1 Å². The molecule has 0 atom stereocenters. The van der Waals surface area contributed by atoms with Gasteiger partial charge in [-0.3, -0.25) is 9.69 Å². The second-order valence-corrected chi connectivity index (χ2v) is 7.12. The van der Waals surface area contributed by atoms with Crippen LogP contribution in [0.4, 0.5) is 4.39 Å². The normalized spacial score (nSPS) is 16.0. The zero-order chi connectivity index (χ0) is 17.8. The van der Waals surface area contributed by atoms with Gasteiger partial charge in [-0.2, -0.15) is 0 Å². The molecule has 3 nitrogen and oxygen atoms in total. The van der Waals surface area contributed by atoms with Gasteiger partial charge in [0.15, 0.2) is 0 Å². The summed E-state index contributed by atoms with van der Waals surface area (Å²) in [6.45, 7) is 2.69. The molecule has 0 radical (unpaired) electrons. The van der Waals surface area contributed by atoms with Crippen LogP contribution in [0.3, 0.4) is 0 Å². The first-order valence-electron chi connectivity index (χ1n) is 8.24. The summed E-state index contributed by atoms with van der Waals surface area (Å²) >= 11 is 11.9. The number of carbonyl (C=O) groups is 1. The highest BCUT2D eigenvalue weighted by atomic mass is 35.5. The first-order chi connectivity index (χ1) is 12.0. The lowest BCUT2D eigenvalue weighted by Gasteiger charge is -2.32. The SMILES string of the molecule is O=C(NC1CCN(Cc2ccc(Cl)cc2)CC1)c1ccc(F)cc1Cl. The topological polar surface area (TPSA) is 32.3 Å². The van der Waals surface area contributed by atoms with E-state index in [2.05, 4.69) is 10.2 Å². The van der Waals surface area contributed by atoms with E-state index >= 15 is 0 Å². The average molecular weight is 381 g/mol. The molecule has 132 valence electrons. The molecule has 1 aliphatic heterocycles. The lowest BCUT2D eigenvalue weighted by atomic mass is 10.0. The van der Waals surface area contributed by atoms with E-state index in [0.29, 0.717) is 5.56 Å². The highest BCUT2D eigenvalue weighted by Gasteiger charge is 2.22. The Hall–Kier alpha value is -1.62. The van der Waals surface area contributed by atoms with Gasteiger partial charge in [-0.1, -0.05) is 35.3 Å². The van der Waals surface area contributed by atoms with Crippen LogP contribution in [-0.4, -0.2) is 29.9 Å². The molecule has 3 rings (SSSR count). The van der Waals surface area contributed by atoms with Crippen LogP contribution in [-0.2, 0) is 6.54 Å². The zero-order valence-corrected chi connectivity index (χ0v) is 15.2. The van der Waals surface area contributed by atoms with E-state index in [-0.39, 0.29) is 17.0 Å². The molecular weight excluding hydrogens is 362 g/mol. The molecule has 1 heterocycles. The number of halogens is 3. The minimum atomic E-state index is -0.447. The first kappa shape index (κ1) is 18.2. The maximum absolute atomic E-state index is 13.1. The van der Waals surface area contributed by atoms with Gasteiger partial charge in [-0.05, 0) is 48.7 Å². The lowest BCUT2D eigenvalue weighted by Crippen LogP contribution is -2.44. The summed E-state index contributed by atoms with van der Waals surface area (Å²) in [7, 11) is 0. The van der Waals surface area contributed by atoms with Gasteiger partial charge < -0.3 is 5.32 Å². The van der Waals surface area contributed by atoms with E-state index in [1.165, 1.54) is 17.7 Å². The summed E-state index contributed by atoms with van der Waals surface area (Å²) in [5, 5.41) is 3.87. The molecule has 0 aliphatic carbocycles. The van der Waals surface area contributed by atoms with Crippen molar-refractivity contribution in [3.05, 3.63) is 69.5 Å². The average Bonchev–Trinajstić information content (AvgIpc) is 2.58. The highest BCUT2D eigenvalue weighted by molar-refractivity contribution is 6.33. The maximum Gasteiger partial charge on any atom is 0.253 e. The number of carbonyl (C=O) groups excluding carboxylic acids is 1. The van der Waals surface area contributed by atoms with Crippen molar-refractivity contribution in [3.8, 4) is 0 Å². The number of likely N-dealkylation sites (tertiary alicyclic amines) is 1. The Morgan fingerprint density at radius 1 is 1.12 bits per heavy atom. The van der Waals surface area contributed by atoms with E-state index < -0.39 is 5.82 Å². The molecule has 1 amide bonds. The van der Waals surface area contributed by atoms with Crippen LogP contribution in [0.2, 0.25) is 10.0 Å². The smallest absolute Gasteiger partial charge is 0.253 e. The van der Waals surface area contributed by atoms with E-state index in [1.54, 1.807) is 0 Å². The zero-order valence-electron chi connectivity index (χ0n) is 13.6. The molecule has 0 bridgehead atoms. The van der Waals surface area contributed by atoms with Gasteiger partial charge in [0, 0.05) is 30.7 Å². The monoisotopic (exact) mass is 380 g/mol. The van der Waals surface area contributed by atoms with Crippen LogP contribution >= 0.6 is 23.2 Å². The van der Waals surface area contributed by atoms with Crippen molar-refractivity contribution < 1.29 is 9.18 Å². The summed E-state index contributed by atoms with van der Waals surface area (Å²) in [5.41, 5.74) is 1.54. The fourth-order valence-corrected chi connectivity index (χ4v) is 3.40. The molecule has 0 saturated carbocycles. The van der Waals surface area contributed by atoms with E-state index in [0.717, 1.165) is 43.6 Å². The number of nitrogens with zero attached hydrogens (tertiary/aromatic N) is 1. The Balaban J connectivity index is 1.50. The fraction of sp³-hybridized carbons (Fsp3) is 0.316. The highest BCUT2D eigenvalue weighted by Crippen LogP contribution is 2.19. The van der Waals surface area contributed by atoms with Gasteiger partial charge in [0.25, 0.3) is 5.91 Å². The predicted molar refractivity (Wildman–Crippen MR) is 98.6 cm³/mol. The Bertz CT molecular complexity index is 744. The maximum atomic E-state index is 13.1. The fourth-order valence-electron chi connectivity index (χ4n) is 3.02. The van der Waals surface area contributed by atoms with Crippen molar-refractivity contribution in [2.24, 2.45) is 0 Å². The lowest BCUT2D eigenvalue weighted by molar-refractivity contribution is 0.0909. The third-order valence-electron chi connectivity index (χ3n) is 4.42. The third-order valence-corrected chi connectivity index (χ3v) is 4.98. The van der Waals surface area contributed by atoms with Crippen LogP contribution in [0.15, 0.2) is 42.5 Å². The summed E-state index contributed by atoms with van der Waals surface area (Å²) in [4.78, 5) is 14.7. The summed E-state index contributed by atoms with van der Waals surface area (Å²) in [5.74, 6) is -0.696. The molecule has 0 aromatic heterocycles. The van der Waals surface area contributed by atoms with Crippen molar-refractivity contribution >= 4 is 29.1 Å². The molecule has 6 heteroatoms. The first-order valence-corrected chi connectivity index (χ1v) is 8.99. The van der Waals surface area contributed by atoms with Crippen LogP contribution in [0.1, 0.15) is 28.8 Å². The van der Waals surface area contributed by atoms with Gasteiger partial charge in [-0.15, -0.1) is 0 Å². The van der Waals surface area contributed by atoms with Crippen LogP contribution in [0, 0.1) is 5.82 Å². The largest absolute Gasteiger partial charge is 0.349 e. The third kappa shape index (κ3) is 4.94. The number of hydrogen-bond acceptors (Lipinski definition) is 2. The van der Waals surface area contributed by atoms with Crippen molar-refractivity contribution in [3.63, 3.8) is 0 Å². The minimum absolute atomic E-state index is 0.107. The van der Waals surface area contributed by atoms with Gasteiger partial charge in [0.1, 0.15) is 5.82 Å². The number of piperidine rings is 1. The number of amides is 1. The van der Waals surface area contributed by atoms with Crippen molar-refractivity contribution in [1.82, 2.24) is 10.2 Å². The second-order valence-electron chi connectivity index (χ2n) is 6.27. The summed E-state index contributed by atoms with van der Waals surface area (Å²) in [6, 6.07) is 11.8. The Labute approximate surface area is 156 Å². The Kier molecular flexibility index (Phi) is 5.94. The van der Waals surface area contributed by atoms with Crippen LogP contribution in [0.5, 0.6) is 0 Å². The Morgan fingerprint density at radius 3 is 2.44 bits per heavy atom. The minimum Gasteiger partial charge on any atom is -0.349 e. The van der Waals surface area contributed by atoms with Gasteiger partial charge >= 0.3 is 0 Å². The van der Waals surface area contributed by atoms with Crippen molar-refractivity contribution in [1.29, 1.82) is 0 Å². The predicted octanol–water partition coefficient (Wildman–Crippen LogP) is 4.53. The molecule has 1 saturated heterocycles. The standard InChI is InChI=1S/C19H19Cl2FN2O/c20-14-3-1-13(2-4-14)12-24-9-7-16(8-10-24)23-19(25)17-6-5-15(22)11-18(17)21/h1-6,11,16H,7-10,12H2,(H,23,25). The number of benzene rings is 2. The summed E-state index contributed by atoms with van der Waals surface area (Å²) in [6.07, 6.45) is 1.75. The van der Waals surface area contributed by atoms with E-state index in [4.69, 9.17) is 23.2 Å². The molecule has 0 unspecified atom stereocenters.